The Kier molecular flexibility index (Phi) is 6.13. The van der Waals surface area contributed by atoms with Gasteiger partial charge in [0.25, 0.3) is 5.91 Å². The maximum absolute atomic E-state index is 12.6. The van der Waals surface area contributed by atoms with Crippen LogP contribution in [-0.4, -0.2) is 24.0 Å². The summed E-state index contributed by atoms with van der Waals surface area (Å²) in [6.45, 7) is 1.43. The van der Waals surface area contributed by atoms with Gasteiger partial charge in [0.2, 0.25) is 5.91 Å². The Labute approximate surface area is 175 Å². The fraction of sp³-hybridized carbons (Fsp3) is 0.105. The van der Waals surface area contributed by atoms with E-state index in [-0.39, 0.29) is 11.0 Å². The van der Waals surface area contributed by atoms with Gasteiger partial charge in [-0.3, -0.25) is 14.9 Å². The largest absolute Gasteiger partial charge is 0.497 e. The van der Waals surface area contributed by atoms with E-state index in [9.17, 15) is 9.59 Å². The van der Waals surface area contributed by atoms with Crippen LogP contribution in [0.25, 0.3) is 10.1 Å². The van der Waals surface area contributed by atoms with Crippen LogP contribution in [-0.2, 0) is 4.79 Å². The van der Waals surface area contributed by atoms with E-state index in [1.165, 1.54) is 18.3 Å². The molecule has 0 aliphatic heterocycles. The average molecular weight is 434 g/mol. The second-order valence-corrected chi connectivity index (χ2v) is 7.62. The second kappa shape index (κ2) is 8.55. The summed E-state index contributed by atoms with van der Waals surface area (Å²) in [5, 5.41) is 9.49. The number of ether oxygens (including phenoxy) is 1. The van der Waals surface area contributed by atoms with Gasteiger partial charge in [-0.25, -0.2) is 0 Å². The normalized spacial score (nSPS) is 10.4. The Hall–Kier alpha value is -2.68. The summed E-state index contributed by atoms with van der Waals surface area (Å²) in [4.78, 5) is 24.1. The zero-order valence-corrected chi connectivity index (χ0v) is 17.3. The zero-order chi connectivity index (χ0) is 20.3. The molecule has 2 aromatic carbocycles. The number of hydrogen-bond donors (Lipinski definition) is 3. The maximum atomic E-state index is 12.6. The highest BCUT2D eigenvalue weighted by molar-refractivity contribution is 7.80. The van der Waals surface area contributed by atoms with Gasteiger partial charge in [-0.1, -0.05) is 17.7 Å². The Balaban J connectivity index is 1.72. The summed E-state index contributed by atoms with van der Waals surface area (Å²) >= 11 is 12.8. The first-order valence-electron chi connectivity index (χ1n) is 8.13. The van der Waals surface area contributed by atoms with Crippen LogP contribution in [0.5, 0.6) is 5.75 Å². The lowest BCUT2D eigenvalue weighted by molar-refractivity contribution is -0.114. The smallest absolute Gasteiger partial charge is 0.269 e. The van der Waals surface area contributed by atoms with Crippen LogP contribution in [0, 0.1) is 0 Å². The minimum absolute atomic E-state index is 0.121. The van der Waals surface area contributed by atoms with E-state index in [2.05, 4.69) is 16.0 Å². The van der Waals surface area contributed by atoms with Gasteiger partial charge in [-0.05, 0) is 48.6 Å². The van der Waals surface area contributed by atoms with E-state index >= 15 is 0 Å². The lowest BCUT2D eigenvalue weighted by Crippen LogP contribution is -2.33. The van der Waals surface area contributed by atoms with Crippen molar-refractivity contribution in [2.75, 3.05) is 17.7 Å². The molecule has 6 nitrogen and oxygen atoms in total. The van der Waals surface area contributed by atoms with Gasteiger partial charge in [-0.15, -0.1) is 11.3 Å². The Morgan fingerprint density at radius 3 is 2.50 bits per heavy atom. The van der Waals surface area contributed by atoms with Gasteiger partial charge < -0.3 is 15.4 Å². The second-order valence-electron chi connectivity index (χ2n) is 5.78. The van der Waals surface area contributed by atoms with Crippen molar-refractivity contribution in [1.29, 1.82) is 0 Å². The van der Waals surface area contributed by atoms with Crippen molar-refractivity contribution >= 4 is 73.5 Å². The summed E-state index contributed by atoms with van der Waals surface area (Å²) < 4.78 is 6.05. The summed E-state index contributed by atoms with van der Waals surface area (Å²) in [7, 11) is 1.58. The first-order valence-corrected chi connectivity index (χ1v) is 9.73. The molecule has 0 atom stereocenters. The predicted octanol–water partition coefficient (Wildman–Crippen LogP) is 4.65. The SMILES string of the molecule is COc1ccc2c(Cl)c(C(=O)NC(=S)Nc3cccc(NC(C)=O)c3)sc2c1. The van der Waals surface area contributed by atoms with E-state index in [0.29, 0.717) is 27.0 Å². The number of thiophene rings is 1. The number of hydrogen-bond acceptors (Lipinski definition) is 5. The molecule has 144 valence electrons. The Morgan fingerprint density at radius 2 is 1.82 bits per heavy atom. The summed E-state index contributed by atoms with van der Waals surface area (Å²) in [5.41, 5.74) is 1.25. The molecule has 28 heavy (non-hydrogen) atoms. The lowest BCUT2D eigenvalue weighted by atomic mass is 10.2. The number of fused-ring (bicyclic) bond motifs is 1. The van der Waals surface area contributed by atoms with Crippen LogP contribution in [0.1, 0.15) is 16.6 Å². The molecule has 0 saturated carbocycles. The number of rotatable bonds is 4. The first kappa shape index (κ1) is 20.1. The standard InChI is InChI=1S/C19H16ClN3O3S2/c1-10(24)21-11-4-3-5-12(8-11)22-19(27)23-18(25)17-16(20)14-7-6-13(26-2)9-15(14)28-17/h3-9H,1-2H3,(H,21,24)(H2,22,23,25,27). The highest BCUT2D eigenvalue weighted by atomic mass is 35.5. The van der Waals surface area contributed by atoms with Crippen molar-refractivity contribution in [3.05, 3.63) is 52.4 Å². The number of anilines is 2. The van der Waals surface area contributed by atoms with Crippen LogP contribution in [0.2, 0.25) is 5.02 Å². The maximum Gasteiger partial charge on any atom is 0.269 e. The number of benzene rings is 2. The minimum atomic E-state index is -0.402. The van der Waals surface area contributed by atoms with Gasteiger partial charge in [0.1, 0.15) is 10.6 Å². The highest BCUT2D eigenvalue weighted by Crippen LogP contribution is 2.37. The predicted molar refractivity (Wildman–Crippen MR) is 118 cm³/mol. The highest BCUT2D eigenvalue weighted by Gasteiger charge is 2.18. The molecule has 0 aliphatic carbocycles. The van der Waals surface area contributed by atoms with E-state index < -0.39 is 5.91 Å². The molecule has 3 N–H and O–H groups in total. The number of carbonyl (C=O) groups is 2. The Morgan fingerprint density at radius 1 is 1.11 bits per heavy atom. The van der Waals surface area contributed by atoms with Crippen molar-refractivity contribution in [3.63, 3.8) is 0 Å². The van der Waals surface area contributed by atoms with Crippen molar-refractivity contribution in [3.8, 4) is 5.75 Å². The van der Waals surface area contributed by atoms with Gasteiger partial charge in [-0.2, -0.15) is 0 Å². The molecular weight excluding hydrogens is 418 g/mol. The van der Waals surface area contributed by atoms with Gasteiger partial charge in [0.15, 0.2) is 5.11 Å². The first-order chi connectivity index (χ1) is 13.4. The molecule has 1 aromatic heterocycles. The van der Waals surface area contributed by atoms with Crippen LogP contribution in [0.4, 0.5) is 11.4 Å². The molecule has 3 rings (SSSR count). The van der Waals surface area contributed by atoms with Crippen molar-refractivity contribution in [2.45, 2.75) is 6.92 Å². The quantitative estimate of drug-likeness (QED) is 0.522. The molecule has 3 aromatic rings. The molecule has 0 unspecified atom stereocenters. The topological polar surface area (TPSA) is 79.5 Å². The van der Waals surface area contributed by atoms with Crippen LogP contribution in [0.15, 0.2) is 42.5 Å². The third-order valence-electron chi connectivity index (χ3n) is 3.71. The molecule has 0 radical (unpaired) electrons. The third-order valence-corrected chi connectivity index (χ3v) is 5.57. The molecule has 9 heteroatoms. The van der Waals surface area contributed by atoms with Crippen molar-refractivity contribution < 1.29 is 14.3 Å². The number of methoxy groups -OCH3 is 1. The molecule has 0 saturated heterocycles. The fourth-order valence-electron chi connectivity index (χ4n) is 2.52. The van der Waals surface area contributed by atoms with E-state index in [4.69, 9.17) is 28.6 Å². The number of halogens is 1. The third kappa shape index (κ3) is 4.59. The monoisotopic (exact) mass is 433 g/mol. The molecule has 2 amide bonds. The zero-order valence-electron chi connectivity index (χ0n) is 15.0. The molecule has 0 aliphatic rings. The molecule has 1 heterocycles. The number of amides is 2. The van der Waals surface area contributed by atoms with E-state index in [0.717, 1.165) is 10.1 Å². The van der Waals surface area contributed by atoms with Crippen molar-refractivity contribution in [1.82, 2.24) is 5.32 Å². The Bertz CT molecular complexity index is 1080. The van der Waals surface area contributed by atoms with Gasteiger partial charge in [0.05, 0.1) is 12.1 Å². The lowest BCUT2D eigenvalue weighted by Gasteiger charge is -2.10. The molecular formula is C19H16ClN3O3S2. The summed E-state index contributed by atoms with van der Waals surface area (Å²) in [5.74, 6) is 0.110. The average Bonchev–Trinajstić information content (AvgIpc) is 2.97. The van der Waals surface area contributed by atoms with Crippen LogP contribution in [0.3, 0.4) is 0 Å². The number of carbonyl (C=O) groups excluding carboxylic acids is 2. The van der Waals surface area contributed by atoms with Gasteiger partial charge >= 0.3 is 0 Å². The van der Waals surface area contributed by atoms with Gasteiger partial charge in [0, 0.05) is 28.4 Å². The van der Waals surface area contributed by atoms with Crippen LogP contribution >= 0.6 is 35.2 Å². The van der Waals surface area contributed by atoms with Crippen molar-refractivity contribution in [2.24, 2.45) is 0 Å². The summed E-state index contributed by atoms with van der Waals surface area (Å²) in [6.07, 6.45) is 0. The summed E-state index contributed by atoms with van der Waals surface area (Å²) in [6, 6.07) is 12.4. The molecule has 0 bridgehead atoms. The van der Waals surface area contributed by atoms with Crippen LogP contribution < -0.4 is 20.7 Å². The van der Waals surface area contributed by atoms with E-state index in [1.807, 2.05) is 12.1 Å². The van der Waals surface area contributed by atoms with E-state index in [1.54, 1.807) is 37.4 Å². The fourth-order valence-corrected chi connectivity index (χ4v) is 4.17. The molecule has 0 fully saturated rings. The minimum Gasteiger partial charge on any atom is -0.497 e. The number of thiocarbonyl (C=S) groups is 1. The molecule has 0 spiro atoms. The number of nitrogens with one attached hydrogen (secondary N) is 3.